The molecule has 0 aliphatic heterocycles. The first-order valence-corrected chi connectivity index (χ1v) is 9.11. The largest absolute Gasteiger partial charge is 0.334 e. The molecule has 0 saturated heterocycles. The number of carbonyl (C=O) groups excluding carboxylic acids is 1. The highest BCUT2D eigenvalue weighted by atomic mass is 35.5. The number of hydrogen-bond acceptors (Lipinski definition) is 4. The summed E-state index contributed by atoms with van der Waals surface area (Å²) < 4.78 is 1.88. The van der Waals surface area contributed by atoms with E-state index in [1.54, 1.807) is 31.0 Å². The first kappa shape index (κ1) is 20.3. The van der Waals surface area contributed by atoms with E-state index in [1.807, 2.05) is 17.7 Å². The van der Waals surface area contributed by atoms with Crippen LogP contribution in [-0.4, -0.2) is 56.8 Å². The zero-order valence-corrected chi connectivity index (χ0v) is 16.6. The van der Waals surface area contributed by atoms with Crippen molar-refractivity contribution < 1.29 is 4.79 Å². The van der Waals surface area contributed by atoms with E-state index in [9.17, 15) is 4.79 Å². The molecule has 0 aliphatic rings. The smallest absolute Gasteiger partial charge is 0.257 e. The summed E-state index contributed by atoms with van der Waals surface area (Å²) in [6, 6.07) is 3.62. The second-order valence-electron chi connectivity index (χ2n) is 6.67. The van der Waals surface area contributed by atoms with E-state index < -0.39 is 5.91 Å². The van der Waals surface area contributed by atoms with Crippen LogP contribution in [0.1, 0.15) is 10.4 Å². The van der Waals surface area contributed by atoms with E-state index in [0.29, 0.717) is 5.52 Å². The Balaban J connectivity index is 1.71. The molecule has 6 nitrogen and oxygen atoms in total. The number of hydrogen-bond donors (Lipinski definition) is 1. The fourth-order valence-electron chi connectivity index (χ4n) is 3.07. The molecule has 0 bridgehead atoms. The van der Waals surface area contributed by atoms with E-state index in [2.05, 4.69) is 20.3 Å². The quantitative estimate of drug-likeness (QED) is 0.451. The lowest BCUT2D eigenvalue weighted by molar-refractivity contribution is 0.102. The van der Waals surface area contributed by atoms with Gasteiger partial charge in [0.25, 0.3) is 5.91 Å². The first-order chi connectivity index (χ1) is 14.3. The van der Waals surface area contributed by atoms with E-state index in [-0.39, 0.29) is 38.3 Å². The minimum Gasteiger partial charge on any atom is -0.334 e. The molecule has 3 aromatic heterocycles. The predicted molar refractivity (Wildman–Crippen MR) is 123 cm³/mol. The summed E-state index contributed by atoms with van der Waals surface area (Å²) in [7, 11) is 25.3. The van der Waals surface area contributed by atoms with Crippen molar-refractivity contribution >= 4 is 87.5 Å². The van der Waals surface area contributed by atoms with Gasteiger partial charge in [-0.05, 0) is 12.1 Å². The van der Waals surface area contributed by atoms with E-state index >= 15 is 0 Å². The standard InChI is InChI=1S/C19H10B4ClN5O/c1-29-7-25-6-11(29)9-2-8-3-12(27-5-10(8)26-4-9)28-19(30)13-14(20)15(21)16(22)17(23)18(13)24/h2-7H,1H3,(H,27,28,30). The molecular formula is C19H10B4ClN5O. The van der Waals surface area contributed by atoms with Gasteiger partial charge >= 0.3 is 0 Å². The minimum absolute atomic E-state index is 0.00135. The minimum atomic E-state index is -0.613. The van der Waals surface area contributed by atoms with Gasteiger partial charge in [0.15, 0.2) is 0 Å². The number of anilines is 1. The van der Waals surface area contributed by atoms with E-state index in [1.165, 1.54) is 0 Å². The van der Waals surface area contributed by atoms with Gasteiger partial charge in [-0.3, -0.25) is 9.78 Å². The van der Waals surface area contributed by atoms with Crippen LogP contribution in [0, 0.1) is 0 Å². The Morgan fingerprint density at radius 3 is 2.43 bits per heavy atom. The maximum absolute atomic E-state index is 12.8. The Morgan fingerprint density at radius 2 is 1.73 bits per heavy atom. The number of aromatic nitrogens is 4. The number of pyridine rings is 2. The van der Waals surface area contributed by atoms with Crippen molar-refractivity contribution in [2.75, 3.05) is 5.32 Å². The summed E-state index contributed by atoms with van der Waals surface area (Å²) in [5.41, 5.74) is 2.35. The van der Waals surface area contributed by atoms with Gasteiger partial charge in [-0.2, -0.15) is 0 Å². The van der Waals surface area contributed by atoms with Crippen molar-refractivity contribution in [1.82, 2.24) is 19.5 Å². The number of halogens is 1. The molecule has 30 heavy (non-hydrogen) atoms. The van der Waals surface area contributed by atoms with Crippen molar-refractivity contribution in [3.63, 3.8) is 0 Å². The van der Waals surface area contributed by atoms with Crippen molar-refractivity contribution in [2.45, 2.75) is 0 Å². The summed E-state index contributed by atoms with van der Waals surface area (Å²) in [4.78, 5) is 25.6. The number of amides is 1. The van der Waals surface area contributed by atoms with Crippen molar-refractivity contribution in [2.24, 2.45) is 7.05 Å². The molecule has 4 aromatic rings. The molecule has 0 spiro atoms. The van der Waals surface area contributed by atoms with Gasteiger partial charge in [-0.15, -0.1) is 10.9 Å². The lowest BCUT2D eigenvalue weighted by atomic mass is 9.65. The topological polar surface area (TPSA) is 72.7 Å². The molecule has 1 amide bonds. The number of imidazole rings is 1. The van der Waals surface area contributed by atoms with Crippen LogP contribution in [0.15, 0.2) is 37.1 Å². The van der Waals surface area contributed by atoms with Crippen LogP contribution in [-0.2, 0) is 7.05 Å². The van der Waals surface area contributed by atoms with E-state index in [4.69, 9.17) is 43.0 Å². The zero-order valence-electron chi connectivity index (χ0n) is 15.8. The Kier molecular flexibility index (Phi) is 5.20. The maximum Gasteiger partial charge on any atom is 0.257 e. The van der Waals surface area contributed by atoms with Crippen molar-refractivity contribution in [1.29, 1.82) is 0 Å². The average molecular weight is 403 g/mol. The molecule has 0 aliphatic carbocycles. The first-order valence-electron chi connectivity index (χ1n) is 8.73. The molecule has 1 N–H and O–H groups in total. The highest BCUT2D eigenvalue weighted by Gasteiger charge is 2.19. The molecule has 11 heteroatoms. The molecule has 136 valence electrons. The predicted octanol–water partition coefficient (Wildman–Crippen LogP) is -0.889. The lowest BCUT2D eigenvalue weighted by Crippen LogP contribution is -2.50. The molecule has 0 saturated carbocycles. The van der Waals surface area contributed by atoms with Crippen LogP contribution in [0.4, 0.5) is 5.82 Å². The summed E-state index contributed by atoms with van der Waals surface area (Å²) in [5, 5.41) is 3.36. The van der Waals surface area contributed by atoms with Gasteiger partial charge in [0.1, 0.15) is 37.2 Å². The third kappa shape index (κ3) is 3.41. The van der Waals surface area contributed by atoms with Crippen molar-refractivity contribution in [3.8, 4) is 11.3 Å². The second-order valence-corrected chi connectivity index (χ2v) is 7.05. The van der Waals surface area contributed by atoms with Crippen LogP contribution in [0.3, 0.4) is 0 Å². The highest BCUT2D eigenvalue weighted by Crippen LogP contribution is 2.23. The number of nitrogens with one attached hydrogen (secondary N) is 1. The van der Waals surface area contributed by atoms with Crippen LogP contribution in [0.5, 0.6) is 0 Å². The maximum atomic E-state index is 12.8. The molecule has 1 aromatic carbocycles. The summed E-state index contributed by atoms with van der Waals surface area (Å²) >= 11 is 6.18. The third-order valence-electron chi connectivity index (χ3n) is 4.74. The Labute approximate surface area is 183 Å². The number of fused-ring (bicyclic) bond motifs is 1. The fourth-order valence-corrected chi connectivity index (χ4v) is 3.36. The van der Waals surface area contributed by atoms with Gasteiger partial charge in [-0.25, -0.2) is 9.97 Å². The van der Waals surface area contributed by atoms with Crippen LogP contribution in [0.2, 0.25) is 5.02 Å². The normalized spacial score (nSPS) is 11.0. The monoisotopic (exact) mass is 403 g/mol. The number of carbonyl (C=O) groups is 1. The number of aryl methyl sites for hydroxylation is 1. The summed E-state index contributed by atoms with van der Waals surface area (Å²) in [6.07, 6.45) is 6.73. The van der Waals surface area contributed by atoms with Crippen LogP contribution < -0.4 is 27.2 Å². The molecule has 0 unspecified atom stereocenters. The molecule has 3 heterocycles. The number of rotatable bonds is 3. The molecule has 0 atom stereocenters. The van der Waals surface area contributed by atoms with E-state index in [0.717, 1.165) is 16.6 Å². The SMILES string of the molecule is [B]c1c([B])c([B])c(C(=O)Nc2cc3cc(-c4cncn4C)cnc3cn2)c(Cl)c1[B]. The molecular weight excluding hydrogens is 393 g/mol. The van der Waals surface area contributed by atoms with Crippen LogP contribution >= 0.6 is 11.6 Å². The van der Waals surface area contributed by atoms with Gasteiger partial charge in [-0.1, -0.05) is 22.5 Å². The molecule has 4 rings (SSSR count). The fraction of sp³-hybridized carbons (Fsp3) is 0.0526. The Bertz CT molecular complexity index is 1300. The summed E-state index contributed by atoms with van der Waals surface area (Å²) in [6.45, 7) is 0. The van der Waals surface area contributed by atoms with Gasteiger partial charge in [0, 0.05) is 29.2 Å². The van der Waals surface area contributed by atoms with Crippen LogP contribution in [0.25, 0.3) is 22.2 Å². The van der Waals surface area contributed by atoms with Crippen molar-refractivity contribution in [3.05, 3.63) is 47.6 Å². The summed E-state index contributed by atoms with van der Waals surface area (Å²) in [5.74, 6) is -0.334. The lowest BCUT2D eigenvalue weighted by Gasteiger charge is -2.18. The average Bonchev–Trinajstić information content (AvgIpc) is 3.16. The number of nitrogens with zero attached hydrogens (tertiary/aromatic N) is 4. The highest BCUT2D eigenvalue weighted by molar-refractivity contribution is 6.66. The Morgan fingerprint density at radius 1 is 1.00 bits per heavy atom. The molecule has 0 fully saturated rings. The second kappa shape index (κ2) is 7.69. The third-order valence-corrected chi connectivity index (χ3v) is 5.14. The van der Waals surface area contributed by atoms with Gasteiger partial charge in [0.2, 0.25) is 0 Å². The zero-order chi connectivity index (χ0) is 21.6. The number of benzene rings is 1. The van der Waals surface area contributed by atoms with Gasteiger partial charge in [0.05, 0.1) is 35.5 Å². The van der Waals surface area contributed by atoms with Gasteiger partial charge < -0.3 is 9.88 Å². The molecule has 8 radical (unpaired) electrons. The Hall–Kier alpha value is -2.99.